The number of rotatable bonds is 9. The molecule has 0 bridgehead atoms. The Morgan fingerprint density at radius 3 is 2.42 bits per heavy atom. The van der Waals surface area contributed by atoms with Crippen molar-refractivity contribution in [3.8, 4) is 5.69 Å². The van der Waals surface area contributed by atoms with Crippen LogP contribution in [-0.4, -0.2) is 51.1 Å². The van der Waals surface area contributed by atoms with Gasteiger partial charge in [-0.1, -0.05) is 26.0 Å². The molecule has 0 spiro atoms. The molecule has 0 radical (unpaired) electrons. The third-order valence-corrected chi connectivity index (χ3v) is 6.76. The monoisotopic (exact) mass is 444 g/mol. The van der Waals surface area contributed by atoms with Gasteiger partial charge in [-0.25, -0.2) is 18.1 Å². The smallest absolute Gasteiger partial charge is 0.251 e. The fourth-order valence-electron chi connectivity index (χ4n) is 3.02. The van der Waals surface area contributed by atoms with Gasteiger partial charge in [0.15, 0.2) is 0 Å². The zero-order chi connectivity index (χ0) is 22.4. The summed E-state index contributed by atoms with van der Waals surface area (Å²) in [7, 11) is -3.72. The normalized spacial score (nSPS) is 11.6. The van der Waals surface area contributed by atoms with Crippen LogP contribution < -0.4 is 10.9 Å². The Morgan fingerprint density at radius 2 is 1.81 bits per heavy atom. The average molecular weight is 445 g/mol. The number of nitrogens with one attached hydrogen (secondary N) is 1. The van der Waals surface area contributed by atoms with E-state index in [1.165, 1.54) is 22.9 Å². The Hall–Kier alpha value is -3.31. The molecule has 1 N–H and O–H groups in total. The Kier molecular flexibility index (Phi) is 6.98. The average Bonchev–Trinajstić information content (AvgIpc) is 3.30. The van der Waals surface area contributed by atoms with Gasteiger partial charge in [-0.05, 0) is 23.8 Å². The molecule has 0 aliphatic rings. The van der Waals surface area contributed by atoms with Crippen LogP contribution >= 0.6 is 0 Å². The van der Waals surface area contributed by atoms with E-state index in [4.69, 9.17) is 0 Å². The minimum Gasteiger partial charge on any atom is -0.350 e. The molecule has 0 aliphatic heterocycles. The van der Waals surface area contributed by atoms with Crippen molar-refractivity contribution in [3.05, 3.63) is 71.2 Å². The van der Waals surface area contributed by atoms with E-state index in [1.807, 2.05) is 24.3 Å². The van der Waals surface area contributed by atoms with Gasteiger partial charge in [-0.2, -0.15) is 9.40 Å². The summed E-state index contributed by atoms with van der Waals surface area (Å²) < 4.78 is 29.3. The molecule has 0 unspecified atom stereocenters. The first-order chi connectivity index (χ1) is 14.8. The molecule has 11 heteroatoms. The Morgan fingerprint density at radius 1 is 1.10 bits per heavy atom. The third-order valence-electron chi connectivity index (χ3n) is 4.72. The van der Waals surface area contributed by atoms with Gasteiger partial charge in [0.25, 0.3) is 5.56 Å². The number of hydrogen-bond acceptors (Lipinski definition) is 6. The molecule has 31 heavy (non-hydrogen) atoms. The number of hydrogen-bond donors (Lipinski definition) is 1. The number of carbonyl (C=O) groups excluding carboxylic acids is 1. The molecule has 10 nitrogen and oxygen atoms in total. The van der Waals surface area contributed by atoms with Gasteiger partial charge in [0.1, 0.15) is 19.2 Å². The first kappa shape index (κ1) is 22.4. The van der Waals surface area contributed by atoms with E-state index in [0.717, 1.165) is 21.9 Å². The van der Waals surface area contributed by atoms with E-state index in [1.54, 1.807) is 24.9 Å². The van der Waals surface area contributed by atoms with Gasteiger partial charge >= 0.3 is 0 Å². The maximum Gasteiger partial charge on any atom is 0.251 e. The van der Waals surface area contributed by atoms with Crippen molar-refractivity contribution in [3.63, 3.8) is 0 Å². The molecule has 1 amide bonds. The first-order valence-corrected chi connectivity index (χ1v) is 11.2. The highest BCUT2D eigenvalue weighted by Gasteiger charge is 2.22. The number of aromatic nitrogens is 4. The van der Waals surface area contributed by atoms with Gasteiger partial charge < -0.3 is 9.88 Å². The van der Waals surface area contributed by atoms with Crippen LogP contribution in [0.25, 0.3) is 5.69 Å². The van der Waals surface area contributed by atoms with E-state index < -0.39 is 21.5 Å². The number of pyridine rings is 1. The molecule has 0 saturated heterocycles. The highest BCUT2D eigenvalue weighted by atomic mass is 32.2. The van der Waals surface area contributed by atoms with Crippen LogP contribution in [0.2, 0.25) is 0 Å². The van der Waals surface area contributed by atoms with Crippen LogP contribution in [-0.2, 0) is 27.9 Å². The van der Waals surface area contributed by atoms with Crippen molar-refractivity contribution < 1.29 is 13.2 Å². The van der Waals surface area contributed by atoms with Crippen molar-refractivity contribution in [1.82, 2.24) is 29.0 Å². The topological polar surface area (TPSA) is 119 Å². The SMILES string of the molecule is CCN(CC)S(=O)(=O)c1ccc(=O)n(CC(=O)NCc2ccc(-n3cncn3)cc2)c1. The molecule has 3 aromatic rings. The van der Waals surface area contributed by atoms with Gasteiger partial charge in [0.2, 0.25) is 15.9 Å². The predicted molar refractivity (Wildman–Crippen MR) is 114 cm³/mol. The molecular weight excluding hydrogens is 420 g/mol. The molecule has 164 valence electrons. The van der Waals surface area contributed by atoms with Crippen molar-refractivity contribution in [2.45, 2.75) is 31.8 Å². The van der Waals surface area contributed by atoms with Crippen LogP contribution in [0.3, 0.4) is 0 Å². The predicted octanol–water partition coefficient (Wildman–Crippen LogP) is 0.776. The lowest BCUT2D eigenvalue weighted by Gasteiger charge is -2.19. The highest BCUT2D eigenvalue weighted by molar-refractivity contribution is 7.89. The number of benzene rings is 1. The van der Waals surface area contributed by atoms with E-state index in [2.05, 4.69) is 15.4 Å². The molecule has 0 atom stereocenters. The number of nitrogens with zero attached hydrogens (tertiary/aromatic N) is 5. The Balaban J connectivity index is 1.66. The van der Waals surface area contributed by atoms with E-state index >= 15 is 0 Å². The number of amides is 1. The van der Waals surface area contributed by atoms with Gasteiger partial charge in [-0.3, -0.25) is 9.59 Å². The fraction of sp³-hybridized carbons (Fsp3) is 0.300. The van der Waals surface area contributed by atoms with Crippen molar-refractivity contribution in [2.75, 3.05) is 13.1 Å². The Bertz CT molecular complexity index is 1180. The number of carbonyl (C=O) groups is 1. The second kappa shape index (κ2) is 9.67. The summed E-state index contributed by atoms with van der Waals surface area (Å²) in [6, 6.07) is 9.82. The van der Waals surface area contributed by atoms with Crippen molar-refractivity contribution in [2.24, 2.45) is 0 Å². The second-order valence-corrected chi connectivity index (χ2v) is 8.64. The summed E-state index contributed by atoms with van der Waals surface area (Å²) in [5, 5.41) is 6.79. The van der Waals surface area contributed by atoms with Crippen molar-refractivity contribution >= 4 is 15.9 Å². The summed E-state index contributed by atoms with van der Waals surface area (Å²) in [4.78, 5) is 28.3. The second-order valence-electron chi connectivity index (χ2n) is 6.70. The summed E-state index contributed by atoms with van der Waals surface area (Å²) in [5.74, 6) is -0.403. The van der Waals surface area contributed by atoms with Crippen LogP contribution in [0.1, 0.15) is 19.4 Å². The summed E-state index contributed by atoms with van der Waals surface area (Å²) in [6.07, 6.45) is 4.24. The van der Waals surface area contributed by atoms with Crippen LogP contribution in [0.4, 0.5) is 0 Å². The standard InChI is InChI=1S/C20H24N6O4S/c1-3-25(4-2)31(29,30)18-9-10-20(28)24(12-18)13-19(27)22-11-16-5-7-17(8-6-16)26-15-21-14-23-26/h5-10,12,14-15H,3-4,11,13H2,1-2H3,(H,22,27). The van der Waals surface area contributed by atoms with E-state index in [0.29, 0.717) is 13.1 Å². The lowest BCUT2D eigenvalue weighted by Crippen LogP contribution is -2.34. The summed E-state index contributed by atoms with van der Waals surface area (Å²) in [6.45, 7) is 4.09. The number of sulfonamides is 1. The molecular formula is C20H24N6O4S. The van der Waals surface area contributed by atoms with Crippen LogP contribution in [0.15, 0.2) is 64.9 Å². The zero-order valence-corrected chi connectivity index (χ0v) is 18.1. The highest BCUT2D eigenvalue weighted by Crippen LogP contribution is 2.13. The van der Waals surface area contributed by atoms with Crippen molar-refractivity contribution in [1.29, 1.82) is 0 Å². The fourth-order valence-corrected chi connectivity index (χ4v) is 4.50. The third kappa shape index (κ3) is 5.25. The molecule has 0 aliphatic carbocycles. The lowest BCUT2D eigenvalue weighted by molar-refractivity contribution is -0.121. The minimum atomic E-state index is -3.72. The molecule has 2 aromatic heterocycles. The molecule has 1 aromatic carbocycles. The van der Waals surface area contributed by atoms with Gasteiger partial charge in [-0.15, -0.1) is 0 Å². The Labute approximate surface area is 180 Å². The molecule has 3 rings (SSSR count). The maximum absolute atomic E-state index is 12.7. The maximum atomic E-state index is 12.7. The largest absolute Gasteiger partial charge is 0.350 e. The first-order valence-electron chi connectivity index (χ1n) is 9.76. The van der Waals surface area contributed by atoms with Gasteiger partial charge in [0, 0.05) is 31.9 Å². The summed E-state index contributed by atoms with van der Waals surface area (Å²) in [5.41, 5.74) is 1.25. The quantitative estimate of drug-likeness (QED) is 0.521. The zero-order valence-electron chi connectivity index (χ0n) is 17.3. The van der Waals surface area contributed by atoms with E-state index in [9.17, 15) is 18.0 Å². The molecule has 2 heterocycles. The minimum absolute atomic E-state index is 0.0210. The summed E-state index contributed by atoms with van der Waals surface area (Å²) >= 11 is 0. The van der Waals surface area contributed by atoms with Crippen LogP contribution in [0.5, 0.6) is 0 Å². The van der Waals surface area contributed by atoms with Crippen LogP contribution in [0, 0.1) is 0 Å². The van der Waals surface area contributed by atoms with Gasteiger partial charge in [0.05, 0.1) is 10.6 Å². The molecule has 0 saturated carbocycles. The van der Waals surface area contributed by atoms with E-state index in [-0.39, 0.29) is 18.0 Å². The lowest BCUT2D eigenvalue weighted by atomic mass is 10.2. The molecule has 0 fully saturated rings.